The molecule has 0 aromatic heterocycles. The highest BCUT2D eigenvalue weighted by molar-refractivity contribution is 5.76. The molecule has 0 aliphatic carbocycles. The molecule has 5 nitrogen and oxygen atoms in total. The highest BCUT2D eigenvalue weighted by Gasteiger charge is 2.35. The number of carboxylic acid groups (broad SMARTS) is 1. The smallest absolute Gasteiger partial charge is 0.317 e. The number of likely N-dealkylation sites (tertiary alicyclic amines) is 1. The zero-order valence-electron chi connectivity index (χ0n) is 14.1. The molecule has 2 N–H and O–H groups in total. The number of urea groups is 1. The second-order valence-corrected chi connectivity index (χ2v) is 7.68. The van der Waals surface area contributed by atoms with Crippen molar-refractivity contribution in [3.05, 3.63) is 0 Å². The van der Waals surface area contributed by atoms with Gasteiger partial charge in [-0.2, -0.15) is 0 Å². The summed E-state index contributed by atoms with van der Waals surface area (Å²) in [5, 5.41) is 12.0. The van der Waals surface area contributed by atoms with E-state index in [9.17, 15) is 9.59 Å². The van der Waals surface area contributed by atoms with Gasteiger partial charge in [-0.25, -0.2) is 4.79 Å². The van der Waals surface area contributed by atoms with Gasteiger partial charge in [0.05, 0.1) is 6.42 Å². The summed E-state index contributed by atoms with van der Waals surface area (Å²) in [6, 6.07) is -0.323. The number of carbonyl (C=O) groups is 2. The quantitative estimate of drug-likeness (QED) is 0.841. The second-order valence-electron chi connectivity index (χ2n) is 7.68. The molecule has 1 aliphatic heterocycles. The lowest BCUT2D eigenvalue weighted by molar-refractivity contribution is -0.138. The van der Waals surface area contributed by atoms with Crippen LogP contribution in [0.15, 0.2) is 0 Å². The number of aliphatic carboxylic acids is 1. The maximum Gasteiger partial charge on any atom is 0.317 e. The third-order valence-corrected chi connectivity index (χ3v) is 4.58. The van der Waals surface area contributed by atoms with Crippen molar-refractivity contribution in [2.45, 2.75) is 66.5 Å². The average molecular weight is 298 g/mol. The van der Waals surface area contributed by atoms with Gasteiger partial charge < -0.3 is 15.3 Å². The number of hydrogen-bond donors (Lipinski definition) is 2. The first-order chi connectivity index (χ1) is 9.52. The lowest BCUT2D eigenvalue weighted by atomic mass is 9.84. The largest absolute Gasteiger partial charge is 0.481 e. The summed E-state index contributed by atoms with van der Waals surface area (Å²) in [6.45, 7) is 13.0. The molecule has 1 fully saturated rings. The summed E-state index contributed by atoms with van der Waals surface area (Å²) in [5.74, 6) is 0.0604. The van der Waals surface area contributed by atoms with E-state index in [0.717, 1.165) is 13.0 Å². The summed E-state index contributed by atoms with van der Waals surface area (Å²) in [6.07, 6.45) is 1.07. The van der Waals surface area contributed by atoms with E-state index >= 15 is 0 Å². The summed E-state index contributed by atoms with van der Waals surface area (Å²) in [7, 11) is 0. The number of carboxylic acids is 1. The minimum Gasteiger partial charge on any atom is -0.481 e. The van der Waals surface area contributed by atoms with Crippen LogP contribution in [0.1, 0.15) is 54.4 Å². The molecule has 0 bridgehead atoms. The van der Waals surface area contributed by atoms with Crippen LogP contribution in [0.25, 0.3) is 0 Å². The van der Waals surface area contributed by atoms with Crippen LogP contribution in [-0.4, -0.2) is 40.6 Å². The van der Waals surface area contributed by atoms with Crippen molar-refractivity contribution >= 4 is 12.0 Å². The Morgan fingerprint density at radius 2 is 1.86 bits per heavy atom. The molecule has 1 saturated heterocycles. The van der Waals surface area contributed by atoms with Gasteiger partial charge in [-0.1, -0.05) is 34.6 Å². The Morgan fingerprint density at radius 1 is 1.29 bits per heavy atom. The Morgan fingerprint density at radius 3 is 2.33 bits per heavy atom. The zero-order chi connectivity index (χ0) is 16.4. The van der Waals surface area contributed by atoms with E-state index in [0.29, 0.717) is 11.8 Å². The SMILES string of the molecule is CC1CC(C)C(C)N(C(=O)NC(CC(=O)O)C(C)(C)C)C1. The first kappa shape index (κ1) is 17.8. The number of hydrogen-bond acceptors (Lipinski definition) is 2. The predicted octanol–water partition coefficient (Wildman–Crippen LogP) is 2.95. The zero-order valence-corrected chi connectivity index (χ0v) is 14.1. The van der Waals surface area contributed by atoms with Crippen LogP contribution in [0.3, 0.4) is 0 Å². The van der Waals surface area contributed by atoms with Crippen LogP contribution in [0.5, 0.6) is 0 Å². The van der Waals surface area contributed by atoms with Crippen molar-refractivity contribution in [3.63, 3.8) is 0 Å². The van der Waals surface area contributed by atoms with Crippen LogP contribution >= 0.6 is 0 Å². The van der Waals surface area contributed by atoms with E-state index in [2.05, 4.69) is 26.1 Å². The first-order valence-corrected chi connectivity index (χ1v) is 7.81. The second kappa shape index (κ2) is 6.67. The Balaban J connectivity index is 2.78. The standard InChI is InChI=1S/C16H30N2O3/c1-10-7-11(2)12(3)18(9-10)15(21)17-13(8-14(19)20)16(4,5)6/h10-13H,7-9H2,1-6H3,(H,17,21)(H,19,20). The third kappa shape index (κ3) is 4.90. The monoisotopic (exact) mass is 298 g/mol. The lowest BCUT2D eigenvalue weighted by Crippen LogP contribution is -2.56. The van der Waals surface area contributed by atoms with Crippen molar-refractivity contribution in [2.75, 3.05) is 6.54 Å². The molecule has 4 atom stereocenters. The molecular formula is C16H30N2O3. The highest BCUT2D eigenvalue weighted by Crippen LogP contribution is 2.28. The molecule has 1 heterocycles. The summed E-state index contributed by atoms with van der Waals surface area (Å²) in [4.78, 5) is 25.4. The van der Waals surface area contributed by atoms with Gasteiger partial charge in [0.25, 0.3) is 0 Å². The number of amides is 2. The predicted molar refractivity (Wildman–Crippen MR) is 83.1 cm³/mol. The van der Waals surface area contributed by atoms with Crippen molar-refractivity contribution < 1.29 is 14.7 Å². The molecule has 0 saturated carbocycles. The Bertz CT molecular complexity index is 389. The van der Waals surface area contributed by atoms with E-state index in [1.165, 1.54) is 0 Å². The van der Waals surface area contributed by atoms with Crippen molar-refractivity contribution in [1.29, 1.82) is 0 Å². The van der Waals surface area contributed by atoms with Crippen molar-refractivity contribution in [3.8, 4) is 0 Å². The molecule has 122 valence electrons. The number of rotatable bonds is 3. The van der Waals surface area contributed by atoms with Gasteiger partial charge in [0.2, 0.25) is 0 Å². The molecule has 0 spiro atoms. The topological polar surface area (TPSA) is 69.6 Å². The number of carbonyl (C=O) groups excluding carboxylic acids is 1. The summed E-state index contributed by atoms with van der Waals surface area (Å²) < 4.78 is 0. The molecule has 0 radical (unpaired) electrons. The van der Waals surface area contributed by atoms with Crippen LogP contribution < -0.4 is 5.32 Å². The molecule has 5 heteroatoms. The third-order valence-electron chi connectivity index (χ3n) is 4.58. The fraction of sp³-hybridized carbons (Fsp3) is 0.875. The van der Waals surface area contributed by atoms with Crippen molar-refractivity contribution in [2.24, 2.45) is 17.3 Å². The Kier molecular flexibility index (Phi) is 5.65. The number of piperidine rings is 1. The normalized spacial score (nSPS) is 28.1. The van der Waals surface area contributed by atoms with Gasteiger partial charge in [-0.05, 0) is 30.6 Å². The summed E-state index contributed by atoms with van der Waals surface area (Å²) >= 11 is 0. The van der Waals surface area contributed by atoms with Gasteiger partial charge in [-0.3, -0.25) is 4.79 Å². The van der Waals surface area contributed by atoms with Crippen LogP contribution in [-0.2, 0) is 4.79 Å². The first-order valence-electron chi connectivity index (χ1n) is 7.81. The molecule has 2 amide bonds. The minimum atomic E-state index is -0.886. The van der Waals surface area contributed by atoms with Gasteiger partial charge in [-0.15, -0.1) is 0 Å². The van der Waals surface area contributed by atoms with Crippen LogP contribution in [0.4, 0.5) is 4.79 Å². The maximum atomic E-state index is 12.6. The van der Waals surface area contributed by atoms with Crippen LogP contribution in [0.2, 0.25) is 0 Å². The molecule has 4 unspecified atom stereocenters. The maximum absolute atomic E-state index is 12.6. The molecule has 0 aromatic carbocycles. The van der Waals surface area contributed by atoms with E-state index in [1.807, 2.05) is 25.7 Å². The van der Waals surface area contributed by atoms with Gasteiger partial charge in [0.15, 0.2) is 0 Å². The Labute approximate surface area is 128 Å². The van der Waals surface area contributed by atoms with E-state index in [1.54, 1.807) is 0 Å². The van der Waals surface area contributed by atoms with Crippen LogP contribution in [0, 0.1) is 17.3 Å². The van der Waals surface area contributed by atoms with Gasteiger partial charge >= 0.3 is 12.0 Å². The highest BCUT2D eigenvalue weighted by atomic mass is 16.4. The van der Waals surface area contributed by atoms with Crippen molar-refractivity contribution in [1.82, 2.24) is 10.2 Å². The van der Waals surface area contributed by atoms with E-state index in [-0.39, 0.29) is 30.0 Å². The van der Waals surface area contributed by atoms with Gasteiger partial charge in [0.1, 0.15) is 0 Å². The molecule has 1 rings (SSSR count). The fourth-order valence-corrected chi connectivity index (χ4v) is 2.96. The minimum absolute atomic E-state index is 0.0530. The van der Waals surface area contributed by atoms with E-state index < -0.39 is 5.97 Å². The molecule has 21 heavy (non-hydrogen) atoms. The van der Waals surface area contributed by atoms with Gasteiger partial charge in [0, 0.05) is 18.6 Å². The molecule has 0 aromatic rings. The van der Waals surface area contributed by atoms with E-state index in [4.69, 9.17) is 5.11 Å². The lowest BCUT2D eigenvalue weighted by Gasteiger charge is -2.42. The number of nitrogens with zero attached hydrogens (tertiary/aromatic N) is 1. The summed E-state index contributed by atoms with van der Waals surface area (Å²) in [5.41, 5.74) is -0.287. The molecule has 1 aliphatic rings. The average Bonchev–Trinajstić information content (AvgIpc) is 2.31. The fourth-order valence-electron chi connectivity index (χ4n) is 2.96. The molecular weight excluding hydrogens is 268 g/mol. The Hall–Kier alpha value is -1.26. The number of nitrogens with one attached hydrogen (secondary N) is 1.